The molecule has 4 rings (SSSR count). The molecule has 1 aliphatic heterocycles. The molecule has 0 amide bonds. The summed E-state index contributed by atoms with van der Waals surface area (Å²) in [5.74, 6) is -1.00. The van der Waals surface area contributed by atoms with Gasteiger partial charge in [-0.2, -0.15) is 44.6 Å². The Bertz CT molecular complexity index is 1640. The number of alkyl halides is 15. The zero-order valence-corrected chi connectivity index (χ0v) is 25.8. The zero-order chi connectivity index (χ0) is 33.4. The number of ether oxygens (including phenoxy) is 1. The van der Waals surface area contributed by atoms with Crippen molar-refractivity contribution in [2.45, 2.75) is 39.8 Å². The van der Waals surface area contributed by atoms with Gasteiger partial charge in [-0.15, -0.1) is 10.2 Å². The quantitative estimate of drug-likeness (QED) is 0.225. The van der Waals surface area contributed by atoms with Crippen molar-refractivity contribution in [2.75, 3.05) is 0 Å². The molecule has 1 unspecified atom stereocenters. The van der Waals surface area contributed by atoms with Gasteiger partial charge in [0.25, 0.3) is 3.79 Å². The molecule has 242 valence electrons. The van der Waals surface area contributed by atoms with Crippen LogP contribution in [0.1, 0.15) is 22.8 Å². The third kappa shape index (κ3) is 7.11. The SMILES string of the molecule is Cc1cc(C(F)(F)F)n([NH+]2N=C(C(Cl)(Cl)Cl)C(n3nc(OCn4nc(Cl)cc4C(F)(F)F)cc3C(F)(F)F)=C2C(Cl)(Cl)Cl)n1. The van der Waals surface area contributed by atoms with E-state index in [-0.39, 0.29) is 25.9 Å². The first-order chi connectivity index (χ1) is 19.8. The smallest absolute Gasteiger partial charge is 0.438 e. The fraction of sp³-hybridized carbons (Fsp3) is 0.368. The molecule has 4 heterocycles. The van der Waals surface area contributed by atoms with E-state index in [2.05, 4.69) is 20.4 Å². The molecule has 0 radical (unpaired) electrons. The van der Waals surface area contributed by atoms with E-state index in [0.29, 0.717) is 12.1 Å². The minimum atomic E-state index is -5.35. The number of allylic oxidation sites excluding steroid dienone is 2. The maximum absolute atomic E-state index is 14.3. The van der Waals surface area contributed by atoms with Gasteiger partial charge in [0.2, 0.25) is 21.1 Å². The lowest BCUT2D eigenvalue weighted by Crippen LogP contribution is -3.09. The fourth-order valence-electron chi connectivity index (χ4n) is 3.76. The number of nitrogens with zero attached hydrogens (tertiary/aromatic N) is 7. The van der Waals surface area contributed by atoms with Crippen molar-refractivity contribution < 1.29 is 49.4 Å². The number of quaternary nitrogens is 1. The van der Waals surface area contributed by atoms with Gasteiger partial charge in [-0.1, -0.05) is 91.1 Å². The minimum Gasteiger partial charge on any atom is -0.453 e. The minimum absolute atomic E-state index is 0.0648. The van der Waals surface area contributed by atoms with Crippen LogP contribution < -0.4 is 9.85 Å². The van der Waals surface area contributed by atoms with Crippen molar-refractivity contribution in [2.24, 2.45) is 5.10 Å². The highest BCUT2D eigenvalue weighted by molar-refractivity contribution is 6.80. The molecule has 3 aromatic heterocycles. The topological polar surface area (TPSA) is 79.5 Å². The molecule has 0 saturated heterocycles. The van der Waals surface area contributed by atoms with Crippen LogP contribution in [0.3, 0.4) is 0 Å². The van der Waals surface area contributed by atoms with E-state index in [9.17, 15) is 39.5 Å². The second-order valence-corrected chi connectivity index (χ2v) is 13.4. The van der Waals surface area contributed by atoms with Crippen LogP contribution in [-0.4, -0.2) is 42.7 Å². The standard InChI is InChI=1S/C19H8Cl7F9N8O/c1-6-2-9(19(33,34)35)42(36-6)43-14(16(24,25)26)12(13(39-43)15(21,22)23)41-8(18(30,31)32)4-11(38-41)44-5-40-7(17(27,28)29)3-10(20)37-40/h2-4H,5H2,1H3/p+1. The van der Waals surface area contributed by atoms with E-state index in [0.717, 1.165) is 6.92 Å². The molecule has 0 bridgehead atoms. The maximum atomic E-state index is 14.3. The van der Waals surface area contributed by atoms with Crippen molar-refractivity contribution in [1.29, 1.82) is 0 Å². The monoisotopic (exact) mass is 781 g/mol. The second-order valence-electron chi connectivity index (χ2n) is 8.48. The van der Waals surface area contributed by atoms with Crippen LogP contribution in [0.25, 0.3) is 5.70 Å². The third-order valence-corrected chi connectivity index (χ3v) is 6.63. The van der Waals surface area contributed by atoms with Gasteiger partial charge in [-0.05, 0) is 18.1 Å². The molecule has 0 saturated carbocycles. The first-order valence-electron chi connectivity index (χ1n) is 10.9. The highest BCUT2D eigenvalue weighted by atomic mass is 35.6. The molecule has 25 heteroatoms. The van der Waals surface area contributed by atoms with Crippen LogP contribution in [0.4, 0.5) is 39.5 Å². The molecule has 0 aromatic carbocycles. The summed E-state index contributed by atoms with van der Waals surface area (Å²) in [6.45, 7) is -0.0210. The average molecular weight is 784 g/mol. The Morgan fingerprint density at radius 1 is 0.750 bits per heavy atom. The highest BCUT2D eigenvalue weighted by Gasteiger charge is 2.55. The summed E-state index contributed by atoms with van der Waals surface area (Å²) in [6, 6.07) is 1.19. The summed E-state index contributed by atoms with van der Waals surface area (Å²) >= 11 is 41.5. The Labute approximate surface area is 273 Å². The number of nitrogens with one attached hydrogen (secondary N) is 1. The Hall–Kier alpha value is -1.80. The molecule has 3 aromatic rings. The van der Waals surface area contributed by atoms with Gasteiger partial charge in [0.15, 0.2) is 29.0 Å². The first-order valence-corrected chi connectivity index (χ1v) is 13.5. The van der Waals surface area contributed by atoms with E-state index in [4.69, 9.17) is 85.9 Å². The number of hydrogen-bond donors (Lipinski definition) is 1. The van der Waals surface area contributed by atoms with Crippen molar-refractivity contribution in [1.82, 2.24) is 29.5 Å². The molecular weight excluding hydrogens is 775 g/mol. The summed E-state index contributed by atoms with van der Waals surface area (Å²) in [6.07, 6.45) is -15.5. The van der Waals surface area contributed by atoms with Crippen molar-refractivity contribution in [3.05, 3.63) is 51.8 Å². The van der Waals surface area contributed by atoms with Crippen LogP contribution in [-0.2, 0) is 25.3 Å². The zero-order valence-electron chi connectivity index (χ0n) is 20.5. The number of rotatable bonds is 5. The summed E-state index contributed by atoms with van der Waals surface area (Å²) in [7, 11) is 0. The Morgan fingerprint density at radius 2 is 1.32 bits per heavy atom. The normalized spacial score (nSPS) is 17.1. The lowest BCUT2D eigenvalue weighted by atomic mass is 10.2. The summed E-state index contributed by atoms with van der Waals surface area (Å²) in [5, 5.41) is 12.7. The number of aryl methyl sites for hydroxylation is 1. The molecule has 0 aliphatic carbocycles. The van der Waals surface area contributed by atoms with E-state index in [1.807, 2.05) is 0 Å². The van der Waals surface area contributed by atoms with Gasteiger partial charge in [0.1, 0.15) is 5.69 Å². The third-order valence-electron chi connectivity index (χ3n) is 5.34. The molecule has 0 spiro atoms. The lowest BCUT2D eigenvalue weighted by Gasteiger charge is -2.20. The number of halogens is 16. The van der Waals surface area contributed by atoms with Gasteiger partial charge in [0, 0.05) is 12.1 Å². The molecule has 9 nitrogen and oxygen atoms in total. The highest BCUT2D eigenvalue weighted by Crippen LogP contribution is 2.44. The number of aromatic nitrogens is 6. The largest absolute Gasteiger partial charge is 0.453 e. The summed E-state index contributed by atoms with van der Waals surface area (Å²) in [5.41, 5.74) is -8.00. The molecule has 1 N–H and O–H groups in total. The van der Waals surface area contributed by atoms with Gasteiger partial charge in [-0.25, -0.2) is 9.36 Å². The predicted octanol–water partition coefficient (Wildman–Crippen LogP) is 6.96. The van der Waals surface area contributed by atoms with Crippen LogP contribution in [0.5, 0.6) is 5.88 Å². The van der Waals surface area contributed by atoms with E-state index >= 15 is 0 Å². The Kier molecular flexibility index (Phi) is 9.14. The van der Waals surface area contributed by atoms with Crippen LogP contribution >= 0.6 is 81.2 Å². The van der Waals surface area contributed by atoms with E-state index in [1.165, 1.54) is 0 Å². The maximum Gasteiger partial charge on any atom is 0.438 e. The van der Waals surface area contributed by atoms with Crippen molar-refractivity contribution >= 4 is 92.6 Å². The average Bonchev–Trinajstić information content (AvgIpc) is 3.57. The van der Waals surface area contributed by atoms with E-state index in [1.54, 1.807) is 0 Å². The van der Waals surface area contributed by atoms with Gasteiger partial charge in [-0.3, -0.25) is 0 Å². The lowest BCUT2D eigenvalue weighted by molar-refractivity contribution is -0.920. The molecule has 1 aliphatic rings. The van der Waals surface area contributed by atoms with Crippen LogP contribution in [0.2, 0.25) is 5.15 Å². The summed E-state index contributed by atoms with van der Waals surface area (Å²) in [4.78, 5) is 0.115. The van der Waals surface area contributed by atoms with Crippen molar-refractivity contribution in [3.8, 4) is 5.88 Å². The Balaban J connectivity index is 1.95. The summed E-state index contributed by atoms with van der Waals surface area (Å²) < 4.78 is 124. The molecule has 44 heavy (non-hydrogen) atoms. The second kappa shape index (κ2) is 11.5. The van der Waals surface area contributed by atoms with E-state index < -0.39 is 83.2 Å². The number of hydrogen-bond acceptors (Lipinski definition) is 5. The van der Waals surface area contributed by atoms with Gasteiger partial charge < -0.3 is 4.74 Å². The van der Waals surface area contributed by atoms with Crippen LogP contribution in [0.15, 0.2) is 29.0 Å². The molecular formula is C19H9Cl7F9N8O+. The predicted molar refractivity (Wildman–Crippen MR) is 140 cm³/mol. The molecule has 0 fully saturated rings. The van der Waals surface area contributed by atoms with Crippen molar-refractivity contribution in [3.63, 3.8) is 0 Å². The Morgan fingerprint density at radius 3 is 1.82 bits per heavy atom. The fourth-order valence-corrected chi connectivity index (χ4v) is 4.87. The van der Waals surface area contributed by atoms with Gasteiger partial charge in [0.05, 0.1) is 5.69 Å². The van der Waals surface area contributed by atoms with Gasteiger partial charge >= 0.3 is 18.5 Å². The van der Waals surface area contributed by atoms with Crippen LogP contribution in [0, 0.1) is 6.92 Å². The first kappa shape index (κ1) is 35.1. The molecule has 1 atom stereocenters.